The van der Waals surface area contributed by atoms with Crippen LogP contribution in [0.2, 0.25) is 0 Å². The number of aromatic nitrogens is 1. The smallest absolute Gasteiger partial charge is 0.262 e. The normalized spacial score (nSPS) is 10.8. The number of hydrogen-bond donors (Lipinski definition) is 1. The van der Waals surface area contributed by atoms with Crippen LogP contribution in [0.4, 0.5) is 5.69 Å². The first-order valence-corrected chi connectivity index (χ1v) is 9.58. The Morgan fingerprint density at radius 1 is 1.03 bits per heavy atom. The van der Waals surface area contributed by atoms with E-state index < -0.39 is 0 Å². The third-order valence-corrected chi connectivity index (χ3v) is 4.77. The molecule has 0 saturated carbocycles. The molecule has 1 N–H and O–H groups in total. The minimum Gasteiger partial charge on any atom is -0.496 e. The number of anilines is 1. The van der Waals surface area contributed by atoms with Crippen LogP contribution >= 0.6 is 0 Å². The monoisotopic (exact) mass is 402 g/mol. The zero-order valence-corrected chi connectivity index (χ0v) is 17.1. The number of para-hydroxylation sites is 2. The Kier molecular flexibility index (Phi) is 5.39. The van der Waals surface area contributed by atoms with E-state index >= 15 is 0 Å². The van der Waals surface area contributed by atoms with Gasteiger partial charge in [-0.15, -0.1) is 0 Å². The predicted octanol–water partition coefficient (Wildman–Crippen LogP) is 5.14. The zero-order valence-electron chi connectivity index (χ0n) is 17.1. The zero-order chi connectivity index (χ0) is 21.1. The third-order valence-electron chi connectivity index (χ3n) is 4.77. The van der Waals surface area contributed by atoms with E-state index in [1.807, 2.05) is 56.3 Å². The number of nitrogens with one attached hydrogen (secondary N) is 1. The van der Waals surface area contributed by atoms with E-state index in [4.69, 9.17) is 13.9 Å². The van der Waals surface area contributed by atoms with Gasteiger partial charge in [0.1, 0.15) is 17.0 Å². The SMILES string of the molecule is COc1ccccc1-c1nc2ccc(NC(=O)COc3c(C)cccc3C)cc2o1. The van der Waals surface area contributed by atoms with E-state index in [9.17, 15) is 4.79 Å². The number of oxazole rings is 1. The fraction of sp³-hybridized carbons (Fsp3) is 0.167. The number of carbonyl (C=O) groups excluding carboxylic acids is 1. The summed E-state index contributed by atoms with van der Waals surface area (Å²) in [6.45, 7) is 3.83. The van der Waals surface area contributed by atoms with E-state index in [0.717, 1.165) is 22.4 Å². The lowest BCUT2D eigenvalue weighted by Gasteiger charge is -2.11. The summed E-state index contributed by atoms with van der Waals surface area (Å²) in [6, 6.07) is 18.7. The number of hydrogen-bond acceptors (Lipinski definition) is 5. The first-order valence-electron chi connectivity index (χ1n) is 9.58. The van der Waals surface area contributed by atoms with Crippen LogP contribution < -0.4 is 14.8 Å². The van der Waals surface area contributed by atoms with Crippen LogP contribution in [0.15, 0.2) is 65.1 Å². The van der Waals surface area contributed by atoms with Gasteiger partial charge < -0.3 is 19.2 Å². The molecule has 1 aromatic heterocycles. The molecule has 30 heavy (non-hydrogen) atoms. The van der Waals surface area contributed by atoms with Gasteiger partial charge in [0, 0.05) is 11.8 Å². The number of carbonyl (C=O) groups is 1. The summed E-state index contributed by atoms with van der Waals surface area (Å²) >= 11 is 0. The number of fused-ring (bicyclic) bond motifs is 1. The number of amides is 1. The Morgan fingerprint density at radius 2 is 1.80 bits per heavy atom. The lowest BCUT2D eigenvalue weighted by Crippen LogP contribution is -2.20. The van der Waals surface area contributed by atoms with E-state index in [0.29, 0.717) is 28.4 Å². The maximum Gasteiger partial charge on any atom is 0.262 e. The highest BCUT2D eigenvalue weighted by Crippen LogP contribution is 2.32. The van der Waals surface area contributed by atoms with Gasteiger partial charge in [0.05, 0.1) is 12.7 Å². The number of rotatable bonds is 6. The number of methoxy groups -OCH3 is 1. The molecule has 4 rings (SSSR count). The fourth-order valence-electron chi connectivity index (χ4n) is 3.30. The summed E-state index contributed by atoms with van der Waals surface area (Å²) in [6.07, 6.45) is 0. The van der Waals surface area contributed by atoms with Crippen molar-refractivity contribution >= 4 is 22.7 Å². The van der Waals surface area contributed by atoms with E-state index in [2.05, 4.69) is 10.3 Å². The van der Waals surface area contributed by atoms with Gasteiger partial charge in [0.15, 0.2) is 12.2 Å². The van der Waals surface area contributed by atoms with Gasteiger partial charge in [-0.05, 0) is 49.2 Å². The summed E-state index contributed by atoms with van der Waals surface area (Å²) < 4.78 is 17.0. The van der Waals surface area contributed by atoms with Gasteiger partial charge in [-0.2, -0.15) is 0 Å². The van der Waals surface area contributed by atoms with Crippen LogP contribution in [0, 0.1) is 13.8 Å². The molecule has 0 fully saturated rings. The summed E-state index contributed by atoms with van der Waals surface area (Å²) in [5.74, 6) is 1.63. The largest absolute Gasteiger partial charge is 0.496 e. The summed E-state index contributed by atoms with van der Waals surface area (Å²) in [5, 5.41) is 2.84. The number of benzene rings is 3. The number of nitrogens with zero attached hydrogens (tertiary/aromatic N) is 1. The van der Waals surface area contributed by atoms with Crippen LogP contribution in [0.1, 0.15) is 11.1 Å². The van der Waals surface area contributed by atoms with E-state index in [-0.39, 0.29) is 12.5 Å². The van der Waals surface area contributed by atoms with Crippen LogP contribution in [0.25, 0.3) is 22.6 Å². The Morgan fingerprint density at radius 3 is 2.57 bits per heavy atom. The summed E-state index contributed by atoms with van der Waals surface area (Å²) in [4.78, 5) is 16.9. The highest BCUT2D eigenvalue weighted by atomic mass is 16.5. The second kappa shape index (κ2) is 8.29. The van der Waals surface area contributed by atoms with Crippen LogP contribution in [0.3, 0.4) is 0 Å². The lowest BCUT2D eigenvalue weighted by molar-refractivity contribution is -0.118. The average Bonchev–Trinajstić information content (AvgIpc) is 3.16. The molecular formula is C24H22N2O4. The van der Waals surface area contributed by atoms with Gasteiger partial charge in [-0.25, -0.2) is 4.98 Å². The molecule has 0 saturated heterocycles. The molecule has 0 bridgehead atoms. The Bertz CT molecular complexity index is 1190. The Labute approximate surface area is 174 Å². The predicted molar refractivity (Wildman–Crippen MR) is 116 cm³/mol. The molecule has 4 aromatic rings. The van der Waals surface area contributed by atoms with Gasteiger partial charge in [0.2, 0.25) is 5.89 Å². The van der Waals surface area contributed by atoms with Crippen molar-refractivity contribution in [1.29, 1.82) is 0 Å². The van der Waals surface area contributed by atoms with Crippen molar-refractivity contribution in [2.75, 3.05) is 19.0 Å². The maximum absolute atomic E-state index is 12.4. The Hall–Kier alpha value is -3.80. The first kappa shape index (κ1) is 19.5. The molecule has 6 nitrogen and oxygen atoms in total. The van der Waals surface area contributed by atoms with Crippen molar-refractivity contribution in [2.45, 2.75) is 13.8 Å². The molecule has 0 aliphatic heterocycles. The minimum atomic E-state index is -0.249. The molecule has 6 heteroatoms. The van der Waals surface area contributed by atoms with Gasteiger partial charge in [0.25, 0.3) is 5.91 Å². The fourth-order valence-corrected chi connectivity index (χ4v) is 3.30. The maximum atomic E-state index is 12.4. The second-order valence-corrected chi connectivity index (χ2v) is 6.96. The standard InChI is InChI=1S/C24H22N2O4/c1-15-7-6-8-16(2)23(15)29-14-22(27)25-17-11-12-19-21(13-17)30-24(26-19)18-9-4-5-10-20(18)28-3/h4-13H,14H2,1-3H3,(H,25,27). The molecule has 0 aliphatic carbocycles. The quantitative estimate of drug-likeness (QED) is 0.483. The van der Waals surface area contributed by atoms with Crippen molar-refractivity contribution in [3.8, 4) is 23.0 Å². The molecule has 0 atom stereocenters. The van der Waals surface area contributed by atoms with Crippen LogP contribution in [-0.2, 0) is 4.79 Å². The van der Waals surface area contributed by atoms with Crippen molar-refractivity contribution in [2.24, 2.45) is 0 Å². The van der Waals surface area contributed by atoms with Gasteiger partial charge >= 0.3 is 0 Å². The number of ether oxygens (including phenoxy) is 2. The molecule has 0 radical (unpaired) electrons. The van der Waals surface area contributed by atoms with Gasteiger partial charge in [-0.1, -0.05) is 30.3 Å². The van der Waals surface area contributed by atoms with Crippen LogP contribution in [0.5, 0.6) is 11.5 Å². The minimum absolute atomic E-state index is 0.0768. The Balaban J connectivity index is 1.49. The molecule has 0 aliphatic rings. The van der Waals surface area contributed by atoms with E-state index in [1.165, 1.54) is 0 Å². The van der Waals surface area contributed by atoms with Crippen molar-refractivity contribution < 1.29 is 18.7 Å². The number of aryl methyl sites for hydroxylation is 2. The second-order valence-electron chi connectivity index (χ2n) is 6.96. The summed E-state index contributed by atoms with van der Waals surface area (Å²) in [7, 11) is 1.61. The molecule has 0 unspecified atom stereocenters. The van der Waals surface area contributed by atoms with E-state index in [1.54, 1.807) is 25.3 Å². The topological polar surface area (TPSA) is 73.6 Å². The van der Waals surface area contributed by atoms with Crippen molar-refractivity contribution in [1.82, 2.24) is 4.98 Å². The molecule has 1 amide bonds. The van der Waals surface area contributed by atoms with Crippen molar-refractivity contribution in [3.05, 3.63) is 71.8 Å². The highest BCUT2D eigenvalue weighted by molar-refractivity contribution is 5.94. The molecular weight excluding hydrogens is 380 g/mol. The van der Waals surface area contributed by atoms with Crippen LogP contribution in [-0.4, -0.2) is 24.6 Å². The summed E-state index contributed by atoms with van der Waals surface area (Å²) in [5.41, 5.74) is 4.64. The molecule has 152 valence electrons. The first-order chi connectivity index (χ1) is 14.5. The molecule has 3 aromatic carbocycles. The average molecular weight is 402 g/mol. The molecule has 1 heterocycles. The van der Waals surface area contributed by atoms with Gasteiger partial charge in [-0.3, -0.25) is 4.79 Å². The molecule has 0 spiro atoms. The highest BCUT2D eigenvalue weighted by Gasteiger charge is 2.14. The lowest BCUT2D eigenvalue weighted by atomic mass is 10.1. The third kappa shape index (κ3) is 3.98. The van der Waals surface area contributed by atoms with Crippen molar-refractivity contribution in [3.63, 3.8) is 0 Å².